The van der Waals surface area contributed by atoms with E-state index in [4.69, 9.17) is 10.5 Å². The third-order valence-corrected chi connectivity index (χ3v) is 4.81. The van der Waals surface area contributed by atoms with Crippen molar-refractivity contribution >= 4 is 5.91 Å². The van der Waals surface area contributed by atoms with Gasteiger partial charge in [-0.25, -0.2) is 0 Å². The van der Waals surface area contributed by atoms with Crippen LogP contribution in [0.3, 0.4) is 0 Å². The monoisotopic (exact) mass is 298 g/mol. The van der Waals surface area contributed by atoms with E-state index < -0.39 is 0 Å². The Labute approximate surface area is 130 Å². The summed E-state index contributed by atoms with van der Waals surface area (Å²) >= 11 is 0. The quantitative estimate of drug-likeness (QED) is 0.724. The third-order valence-electron chi connectivity index (χ3n) is 4.81. The highest BCUT2D eigenvalue weighted by atomic mass is 16.5. The first-order valence-electron chi connectivity index (χ1n) is 8.49. The van der Waals surface area contributed by atoms with Crippen molar-refractivity contribution in [2.24, 2.45) is 23.5 Å². The fourth-order valence-electron chi connectivity index (χ4n) is 3.01. The van der Waals surface area contributed by atoms with Crippen LogP contribution in [-0.4, -0.2) is 31.2 Å². The number of ether oxygens (including phenoxy) is 1. The molecule has 0 heterocycles. The predicted octanol–water partition coefficient (Wildman–Crippen LogP) is 2.71. The normalized spacial score (nSPS) is 26.3. The van der Waals surface area contributed by atoms with Gasteiger partial charge >= 0.3 is 0 Å². The van der Waals surface area contributed by atoms with Crippen LogP contribution >= 0.6 is 0 Å². The van der Waals surface area contributed by atoms with Gasteiger partial charge in [0.05, 0.1) is 5.60 Å². The first kappa shape index (κ1) is 18.4. The summed E-state index contributed by atoms with van der Waals surface area (Å²) in [6, 6.07) is 0. The van der Waals surface area contributed by atoms with Crippen molar-refractivity contribution in [3.63, 3.8) is 0 Å². The number of rotatable bonds is 8. The summed E-state index contributed by atoms with van der Waals surface area (Å²) in [6.45, 7) is 10.2. The van der Waals surface area contributed by atoms with Crippen LogP contribution in [-0.2, 0) is 9.53 Å². The van der Waals surface area contributed by atoms with Gasteiger partial charge in [-0.05, 0) is 49.9 Å². The summed E-state index contributed by atoms with van der Waals surface area (Å²) < 4.78 is 5.93. The molecule has 1 aliphatic rings. The molecule has 0 aliphatic heterocycles. The lowest BCUT2D eigenvalue weighted by Gasteiger charge is -2.40. The molecule has 1 saturated carbocycles. The van der Waals surface area contributed by atoms with Crippen LogP contribution in [0.2, 0.25) is 0 Å². The molecule has 1 aliphatic carbocycles. The molecule has 124 valence electrons. The lowest BCUT2D eigenvalue weighted by Crippen LogP contribution is -2.46. The first-order chi connectivity index (χ1) is 9.88. The van der Waals surface area contributed by atoms with E-state index in [2.05, 4.69) is 33.0 Å². The summed E-state index contributed by atoms with van der Waals surface area (Å²) in [7, 11) is 0. The Morgan fingerprint density at radius 2 is 1.90 bits per heavy atom. The minimum absolute atomic E-state index is 0.0190. The summed E-state index contributed by atoms with van der Waals surface area (Å²) in [5.74, 6) is 2.08. The van der Waals surface area contributed by atoms with Gasteiger partial charge in [0, 0.05) is 13.1 Å². The fourth-order valence-corrected chi connectivity index (χ4v) is 3.01. The lowest BCUT2D eigenvalue weighted by atomic mass is 9.74. The van der Waals surface area contributed by atoms with E-state index in [-0.39, 0.29) is 18.1 Å². The van der Waals surface area contributed by atoms with Gasteiger partial charge in [0.15, 0.2) is 0 Å². The average molecular weight is 298 g/mol. The first-order valence-corrected chi connectivity index (χ1v) is 8.49. The number of amides is 1. The van der Waals surface area contributed by atoms with Crippen LogP contribution in [0, 0.1) is 17.8 Å². The Kier molecular flexibility index (Phi) is 7.67. The summed E-state index contributed by atoms with van der Waals surface area (Å²) in [5, 5.41) is 2.92. The summed E-state index contributed by atoms with van der Waals surface area (Å²) in [4.78, 5) is 11.8. The molecule has 0 aromatic heterocycles. The number of carbonyl (C=O) groups is 1. The van der Waals surface area contributed by atoms with E-state index in [1.54, 1.807) is 0 Å². The smallest absolute Gasteiger partial charge is 0.246 e. The van der Waals surface area contributed by atoms with Gasteiger partial charge in [-0.1, -0.05) is 27.7 Å². The largest absolute Gasteiger partial charge is 0.364 e. The van der Waals surface area contributed by atoms with E-state index in [0.717, 1.165) is 50.5 Å². The molecule has 0 bridgehead atoms. The van der Waals surface area contributed by atoms with Crippen molar-refractivity contribution in [3.05, 3.63) is 0 Å². The Balaban J connectivity index is 2.32. The van der Waals surface area contributed by atoms with Gasteiger partial charge in [-0.2, -0.15) is 0 Å². The molecular weight excluding hydrogens is 264 g/mol. The standard InChI is InChI=1S/C17H34N2O2/c1-13(2)7-10-19-16(20)11-21-17(12-18)8-5-15(6-9-17)14(3)4/h13-15H,5-12,18H2,1-4H3,(H,19,20). The molecule has 0 spiro atoms. The zero-order chi connectivity index (χ0) is 15.9. The van der Waals surface area contributed by atoms with E-state index in [1.165, 1.54) is 0 Å². The zero-order valence-electron chi connectivity index (χ0n) is 14.3. The Morgan fingerprint density at radius 1 is 1.29 bits per heavy atom. The number of nitrogens with two attached hydrogens (primary N) is 1. The molecule has 4 heteroatoms. The highest BCUT2D eigenvalue weighted by Crippen LogP contribution is 2.37. The van der Waals surface area contributed by atoms with Crippen molar-refractivity contribution in [2.75, 3.05) is 19.7 Å². The van der Waals surface area contributed by atoms with Gasteiger partial charge in [0.2, 0.25) is 5.91 Å². The minimum atomic E-state index is -0.277. The Bertz CT molecular complexity index is 308. The molecule has 0 aromatic rings. The minimum Gasteiger partial charge on any atom is -0.364 e. The molecule has 0 radical (unpaired) electrons. The highest BCUT2D eigenvalue weighted by Gasteiger charge is 2.36. The van der Waals surface area contributed by atoms with Crippen LogP contribution in [0.4, 0.5) is 0 Å². The number of carbonyl (C=O) groups excluding carboxylic acids is 1. The molecule has 0 atom stereocenters. The molecular formula is C17H34N2O2. The maximum atomic E-state index is 11.8. The molecule has 4 nitrogen and oxygen atoms in total. The van der Waals surface area contributed by atoms with Gasteiger partial charge in [0.25, 0.3) is 0 Å². The second-order valence-electron chi connectivity index (χ2n) is 7.29. The van der Waals surface area contributed by atoms with Crippen LogP contribution in [0.25, 0.3) is 0 Å². The van der Waals surface area contributed by atoms with Crippen molar-refractivity contribution in [1.82, 2.24) is 5.32 Å². The number of nitrogens with one attached hydrogen (secondary N) is 1. The van der Waals surface area contributed by atoms with E-state index in [0.29, 0.717) is 12.5 Å². The fraction of sp³-hybridized carbons (Fsp3) is 0.941. The van der Waals surface area contributed by atoms with Crippen molar-refractivity contribution in [1.29, 1.82) is 0 Å². The highest BCUT2D eigenvalue weighted by molar-refractivity contribution is 5.77. The zero-order valence-corrected chi connectivity index (χ0v) is 14.3. The summed E-state index contributed by atoms with van der Waals surface area (Å²) in [5.41, 5.74) is 5.65. The number of hydrogen-bond acceptors (Lipinski definition) is 3. The van der Waals surface area contributed by atoms with Crippen LogP contribution < -0.4 is 11.1 Å². The molecule has 3 N–H and O–H groups in total. The van der Waals surface area contributed by atoms with E-state index >= 15 is 0 Å². The van der Waals surface area contributed by atoms with Crippen LogP contribution in [0.1, 0.15) is 59.8 Å². The molecule has 21 heavy (non-hydrogen) atoms. The maximum Gasteiger partial charge on any atom is 0.246 e. The van der Waals surface area contributed by atoms with Gasteiger partial charge < -0.3 is 15.8 Å². The average Bonchev–Trinajstić information content (AvgIpc) is 2.45. The topological polar surface area (TPSA) is 64.3 Å². The second-order valence-corrected chi connectivity index (χ2v) is 7.29. The van der Waals surface area contributed by atoms with Gasteiger partial charge in [-0.3, -0.25) is 4.79 Å². The van der Waals surface area contributed by atoms with Crippen molar-refractivity contribution in [2.45, 2.75) is 65.4 Å². The van der Waals surface area contributed by atoms with Gasteiger partial charge in [0.1, 0.15) is 6.61 Å². The third kappa shape index (κ3) is 6.35. The van der Waals surface area contributed by atoms with Crippen LogP contribution in [0.15, 0.2) is 0 Å². The Hall–Kier alpha value is -0.610. The Morgan fingerprint density at radius 3 is 2.38 bits per heavy atom. The molecule has 0 saturated heterocycles. The number of hydrogen-bond donors (Lipinski definition) is 2. The van der Waals surface area contributed by atoms with Crippen molar-refractivity contribution < 1.29 is 9.53 Å². The lowest BCUT2D eigenvalue weighted by molar-refractivity contribution is -0.136. The van der Waals surface area contributed by atoms with Crippen molar-refractivity contribution in [3.8, 4) is 0 Å². The van der Waals surface area contributed by atoms with Gasteiger partial charge in [-0.15, -0.1) is 0 Å². The molecule has 1 rings (SSSR count). The molecule has 0 unspecified atom stereocenters. The molecule has 1 amide bonds. The molecule has 0 aromatic carbocycles. The maximum absolute atomic E-state index is 11.8. The molecule has 1 fully saturated rings. The van der Waals surface area contributed by atoms with E-state index in [9.17, 15) is 4.79 Å². The second kappa shape index (κ2) is 8.74. The SMILES string of the molecule is CC(C)CCNC(=O)COC1(CN)CCC(C(C)C)CC1. The van der Waals surface area contributed by atoms with Crippen LogP contribution in [0.5, 0.6) is 0 Å². The van der Waals surface area contributed by atoms with E-state index in [1.807, 2.05) is 0 Å². The predicted molar refractivity (Wildman–Crippen MR) is 87.0 cm³/mol. The summed E-state index contributed by atoms with van der Waals surface area (Å²) in [6.07, 6.45) is 5.27.